The van der Waals surface area contributed by atoms with E-state index >= 15 is 0 Å². The number of halogens is 2. The largest absolute Gasteiger partial charge is 0.375 e. The van der Waals surface area contributed by atoms with Crippen LogP contribution in [0.4, 0.5) is 8.78 Å². The average Bonchev–Trinajstić information content (AvgIpc) is 2.90. The number of nitrogens with zero attached hydrogens (tertiary/aromatic N) is 2. The fourth-order valence-corrected chi connectivity index (χ4v) is 2.33. The van der Waals surface area contributed by atoms with E-state index in [1.807, 2.05) is 0 Å². The van der Waals surface area contributed by atoms with E-state index in [9.17, 15) is 8.78 Å². The van der Waals surface area contributed by atoms with Crippen LogP contribution >= 0.6 is 0 Å². The first kappa shape index (κ1) is 15.3. The Hall–Kier alpha value is -1.08. The van der Waals surface area contributed by atoms with Crippen molar-refractivity contribution in [3.63, 3.8) is 0 Å². The number of piperidine rings is 1. The van der Waals surface area contributed by atoms with Crippen molar-refractivity contribution in [2.24, 2.45) is 5.92 Å². The van der Waals surface area contributed by atoms with Gasteiger partial charge in [0.25, 0.3) is 6.43 Å². The third-order valence-corrected chi connectivity index (χ3v) is 3.45. The number of ether oxygens (including phenoxy) is 1. The van der Waals surface area contributed by atoms with E-state index in [4.69, 9.17) is 9.26 Å². The topological polar surface area (TPSA) is 60.2 Å². The van der Waals surface area contributed by atoms with Crippen molar-refractivity contribution in [1.82, 2.24) is 15.5 Å². The average molecular weight is 289 g/mol. The van der Waals surface area contributed by atoms with Crippen molar-refractivity contribution in [2.45, 2.75) is 38.5 Å². The van der Waals surface area contributed by atoms with Gasteiger partial charge in [-0.3, -0.25) is 0 Å². The lowest BCUT2D eigenvalue weighted by Crippen LogP contribution is -2.27. The quantitative estimate of drug-likeness (QED) is 0.740. The summed E-state index contributed by atoms with van der Waals surface area (Å²) >= 11 is 0. The molecule has 1 aliphatic heterocycles. The van der Waals surface area contributed by atoms with Gasteiger partial charge in [0.1, 0.15) is 6.61 Å². The zero-order valence-corrected chi connectivity index (χ0v) is 11.5. The fraction of sp³-hybridized carbons (Fsp3) is 0.846. The van der Waals surface area contributed by atoms with Gasteiger partial charge < -0.3 is 14.6 Å². The monoisotopic (exact) mass is 289 g/mol. The van der Waals surface area contributed by atoms with Crippen LogP contribution in [0.2, 0.25) is 0 Å². The van der Waals surface area contributed by atoms with Gasteiger partial charge >= 0.3 is 0 Å². The molecule has 1 aromatic rings. The SMILES string of the molecule is FC(F)COCCc1noc(CCC2CCNCC2)n1. The molecular weight excluding hydrogens is 268 g/mol. The number of aryl methyl sites for hydroxylation is 1. The van der Waals surface area contributed by atoms with Crippen molar-refractivity contribution in [3.05, 3.63) is 11.7 Å². The van der Waals surface area contributed by atoms with Crippen molar-refractivity contribution in [3.8, 4) is 0 Å². The van der Waals surface area contributed by atoms with Crippen LogP contribution < -0.4 is 5.32 Å². The number of hydrogen-bond donors (Lipinski definition) is 1. The summed E-state index contributed by atoms with van der Waals surface area (Å²) in [6.45, 7) is 1.82. The fourth-order valence-electron chi connectivity index (χ4n) is 2.33. The summed E-state index contributed by atoms with van der Waals surface area (Å²) in [5.41, 5.74) is 0. The molecule has 1 saturated heterocycles. The highest BCUT2D eigenvalue weighted by molar-refractivity contribution is 4.87. The van der Waals surface area contributed by atoms with Gasteiger partial charge in [0, 0.05) is 12.8 Å². The molecule has 2 heterocycles. The summed E-state index contributed by atoms with van der Waals surface area (Å²) in [7, 11) is 0. The highest BCUT2D eigenvalue weighted by atomic mass is 19.3. The van der Waals surface area contributed by atoms with Gasteiger partial charge in [-0.2, -0.15) is 4.98 Å². The van der Waals surface area contributed by atoms with Crippen LogP contribution in [0.25, 0.3) is 0 Å². The van der Waals surface area contributed by atoms with E-state index in [1.54, 1.807) is 0 Å². The minimum Gasteiger partial charge on any atom is -0.375 e. The van der Waals surface area contributed by atoms with Crippen LogP contribution in [0.1, 0.15) is 31.0 Å². The minimum atomic E-state index is -2.43. The predicted octanol–water partition coefficient (Wildman–Crippen LogP) is 1.83. The maximum absolute atomic E-state index is 11.9. The van der Waals surface area contributed by atoms with Crippen molar-refractivity contribution in [2.75, 3.05) is 26.3 Å². The molecule has 0 amide bonds. The molecule has 0 unspecified atom stereocenters. The molecule has 7 heteroatoms. The van der Waals surface area contributed by atoms with Gasteiger partial charge in [-0.1, -0.05) is 5.16 Å². The predicted molar refractivity (Wildman–Crippen MR) is 68.7 cm³/mol. The van der Waals surface area contributed by atoms with E-state index in [2.05, 4.69) is 15.5 Å². The summed E-state index contributed by atoms with van der Waals surface area (Å²) in [5, 5.41) is 7.17. The molecule has 0 aromatic carbocycles. The third-order valence-electron chi connectivity index (χ3n) is 3.45. The molecule has 0 atom stereocenters. The molecule has 114 valence electrons. The lowest BCUT2D eigenvalue weighted by atomic mass is 9.93. The van der Waals surface area contributed by atoms with Gasteiger partial charge in [0.05, 0.1) is 6.61 Å². The summed E-state index contributed by atoms with van der Waals surface area (Å²) in [6, 6.07) is 0. The number of rotatable bonds is 8. The number of aromatic nitrogens is 2. The second-order valence-electron chi connectivity index (χ2n) is 5.05. The number of alkyl halides is 2. The Morgan fingerprint density at radius 3 is 2.85 bits per heavy atom. The molecular formula is C13H21F2N3O2. The molecule has 0 radical (unpaired) electrons. The van der Waals surface area contributed by atoms with Gasteiger partial charge in [0.2, 0.25) is 5.89 Å². The van der Waals surface area contributed by atoms with Crippen molar-refractivity contribution >= 4 is 0 Å². The summed E-state index contributed by atoms with van der Waals surface area (Å²) in [5.74, 6) is 1.88. The molecule has 2 rings (SSSR count). The highest BCUT2D eigenvalue weighted by Crippen LogP contribution is 2.18. The number of hydrogen-bond acceptors (Lipinski definition) is 5. The normalized spacial score (nSPS) is 16.9. The zero-order valence-electron chi connectivity index (χ0n) is 11.5. The van der Waals surface area contributed by atoms with Crippen LogP contribution in [-0.2, 0) is 17.6 Å². The Bertz CT molecular complexity index is 381. The Kier molecular flexibility index (Phi) is 6.32. The van der Waals surface area contributed by atoms with E-state index < -0.39 is 13.0 Å². The molecule has 1 aliphatic rings. The van der Waals surface area contributed by atoms with E-state index in [1.165, 1.54) is 12.8 Å². The summed E-state index contributed by atoms with van der Waals surface area (Å²) < 4.78 is 33.7. The Balaban J connectivity index is 1.63. The molecule has 20 heavy (non-hydrogen) atoms. The molecule has 5 nitrogen and oxygen atoms in total. The second kappa shape index (κ2) is 8.26. The Morgan fingerprint density at radius 2 is 2.10 bits per heavy atom. The first-order valence-electron chi connectivity index (χ1n) is 7.12. The smallest absolute Gasteiger partial charge is 0.261 e. The van der Waals surface area contributed by atoms with E-state index in [-0.39, 0.29) is 6.61 Å². The number of nitrogens with one attached hydrogen (secondary N) is 1. The first-order chi connectivity index (χ1) is 9.74. The van der Waals surface area contributed by atoms with Crippen LogP contribution in [0.5, 0.6) is 0 Å². The van der Waals surface area contributed by atoms with Gasteiger partial charge in [-0.25, -0.2) is 8.78 Å². The van der Waals surface area contributed by atoms with Crippen LogP contribution in [0, 0.1) is 5.92 Å². The summed E-state index contributed by atoms with van der Waals surface area (Å²) in [6.07, 6.45) is 2.22. The highest BCUT2D eigenvalue weighted by Gasteiger charge is 2.15. The lowest BCUT2D eigenvalue weighted by molar-refractivity contribution is 0.0182. The van der Waals surface area contributed by atoms with Crippen molar-refractivity contribution in [1.29, 1.82) is 0 Å². The molecule has 0 bridgehead atoms. The second-order valence-corrected chi connectivity index (χ2v) is 5.05. The molecule has 1 aromatic heterocycles. The van der Waals surface area contributed by atoms with E-state index in [0.717, 1.165) is 31.8 Å². The maximum Gasteiger partial charge on any atom is 0.261 e. The molecule has 0 spiro atoms. The van der Waals surface area contributed by atoms with Crippen LogP contribution in [0.3, 0.4) is 0 Å². The van der Waals surface area contributed by atoms with Gasteiger partial charge in [0.15, 0.2) is 5.82 Å². The molecule has 1 fully saturated rings. The Morgan fingerprint density at radius 1 is 1.30 bits per heavy atom. The van der Waals surface area contributed by atoms with Crippen molar-refractivity contribution < 1.29 is 18.0 Å². The van der Waals surface area contributed by atoms with Crippen LogP contribution in [-0.4, -0.2) is 42.9 Å². The first-order valence-corrected chi connectivity index (χ1v) is 7.12. The maximum atomic E-state index is 11.9. The van der Waals surface area contributed by atoms with Gasteiger partial charge in [-0.05, 0) is 38.3 Å². The Labute approximate surface area is 117 Å². The lowest BCUT2D eigenvalue weighted by Gasteiger charge is -2.21. The minimum absolute atomic E-state index is 0.192. The van der Waals surface area contributed by atoms with E-state index in [0.29, 0.717) is 18.1 Å². The van der Waals surface area contributed by atoms with Gasteiger partial charge in [-0.15, -0.1) is 0 Å². The van der Waals surface area contributed by atoms with Crippen LogP contribution in [0.15, 0.2) is 4.52 Å². The molecule has 0 saturated carbocycles. The third kappa shape index (κ3) is 5.50. The standard InChI is InChI=1S/C13H21F2N3O2/c14-11(15)9-19-8-5-12-17-13(20-18-12)2-1-10-3-6-16-7-4-10/h10-11,16H,1-9H2. The molecule has 0 aliphatic carbocycles. The zero-order chi connectivity index (χ0) is 14.2. The summed E-state index contributed by atoms with van der Waals surface area (Å²) in [4.78, 5) is 4.25. The molecule has 1 N–H and O–H groups in total.